The van der Waals surface area contributed by atoms with Gasteiger partial charge in [0, 0.05) is 43.7 Å². The summed E-state index contributed by atoms with van der Waals surface area (Å²) in [6.07, 6.45) is 3.69. The Kier molecular flexibility index (Phi) is 9.10. The molecule has 7 heterocycles. The molecule has 12 heteroatoms. The van der Waals surface area contributed by atoms with Gasteiger partial charge in [-0.05, 0) is 108 Å². The van der Waals surface area contributed by atoms with Gasteiger partial charge in [-0.15, -0.1) is 6.58 Å². The van der Waals surface area contributed by atoms with Crippen LogP contribution in [-0.2, 0) is 38.2 Å². The minimum Gasteiger partial charge on any atom is -0.456 e. The highest BCUT2D eigenvalue weighted by Crippen LogP contribution is 2.65. The number of rotatable bonds is 10. The van der Waals surface area contributed by atoms with Crippen molar-refractivity contribution in [1.82, 2.24) is 4.90 Å². The van der Waals surface area contributed by atoms with E-state index in [9.17, 15) is 13.2 Å². The molecule has 0 N–H and O–H groups in total. The Morgan fingerprint density at radius 1 is 0.824 bits per heavy atom. The van der Waals surface area contributed by atoms with Crippen molar-refractivity contribution >= 4 is 0 Å². The lowest BCUT2D eigenvalue weighted by molar-refractivity contribution is -0.585. The Balaban J connectivity index is 0.945. The first-order valence-electron chi connectivity index (χ1n) is 19.6. The van der Waals surface area contributed by atoms with Gasteiger partial charge in [0.05, 0.1) is 6.61 Å². The summed E-state index contributed by atoms with van der Waals surface area (Å²) in [4.78, 5) is 14.3. The van der Waals surface area contributed by atoms with Crippen LogP contribution in [0.15, 0.2) is 24.0 Å². The van der Waals surface area contributed by atoms with Crippen molar-refractivity contribution in [2.24, 2.45) is 41.4 Å². The van der Waals surface area contributed by atoms with Crippen LogP contribution in [0.5, 0.6) is 0 Å². The van der Waals surface area contributed by atoms with E-state index in [0.29, 0.717) is 50.8 Å². The first kappa shape index (κ1) is 36.7. The number of allylic oxidation sites excluding steroid dienone is 1. The van der Waals surface area contributed by atoms with Gasteiger partial charge in [0.15, 0.2) is 23.5 Å². The fourth-order valence-corrected chi connectivity index (χ4v) is 11.8. The van der Waals surface area contributed by atoms with E-state index in [1.54, 1.807) is 6.08 Å². The van der Waals surface area contributed by atoms with Crippen LogP contribution in [0.25, 0.3) is 0 Å². The molecular weight excluding hydrogens is 667 g/mol. The van der Waals surface area contributed by atoms with Crippen molar-refractivity contribution in [1.29, 1.82) is 0 Å². The average Bonchev–Trinajstić information content (AvgIpc) is 3.13. The first-order valence-corrected chi connectivity index (χ1v) is 19.6. The van der Waals surface area contributed by atoms with E-state index >= 15 is 0 Å². The van der Waals surface area contributed by atoms with E-state index in [0.717, 1.165) is 44.9 Å². The van der Waals surface area contributed by atoms with Gasteiger partial charge in [0.1, 0.15) is 5.60 Å². The highest BCUT2D eigenvalue weighted by Gasteiger charge is 2.73. The molecule has 2 aliphatic carbocycles. The Hall–Kier alpha value is -1.25. The van der Waals surface area contributed by atoms with Gasteiger partial charge in [-0.25, -0.2) is 9.78 Å². The zero-order chi connectivity index (χ0) is 36.2. The maximum atomic E-state index is 14.7. The summed E-state index contributed by atoms with van der Waals surface area (Å²) in [6, 6.07) is 0. The standard InChI is InChI=1S/C39H58F3NO8/c1-8-19-43(22-26-30-14-12-23(2)27-15-17-34(5)46-32(37(27,30)49-34)45-31(26)39(40,41)42)20-9-10-21-44-36(7)25(4)29-13-11-24(3)28-16-18-35(6)47-33(48-36)38(28,29)51-50-35/h8,23-25,27-30,32-33H,1,9-22H2,2-7H3/t23-,24-,25-,27?,28?,29+,30+,32-,33+,34-,35+,36+,37-,38-/m1/s1. The minimum atomic E-state index is -4.64. The fourth-order valence-electron chi connectivity index (χ4n) is 11.8. The number of unbranched alkanes of at least 4 members (excludes halogenated alkanes) is 1. The van der Waals surface area contributed by atoms with Crippen LogP contribution < -0.4 is 0 Å². The summed E-state index contributed by atoms with van der Waals surface area (Å²) in [5.74, 6) is -2.67. The lowest BCUT2D eigenvalue weighted by atomic mass is 9.57. The number of fused-ring (bicyclic) bond motifs is 3. The molecule has 0 aromatic carbocycles. The van der Waals surface area contributed by atoms with Crippen LogP contribution in [0.3, 0.4) is 0 Å². The zero-order valence-electron chi connectivity index (χ0n) is 31.2. The molecular formula is C39H58F3NO8. The molecule has 14 atom stereocenters. The molecule has 51 heavy (non-hydrogen) atoms. The second-order valence-electron chi connectivity index (χ2n) is 17.7. The number of hydrogen-bond acceptors (Lipinski definition) is 9. The van der Waals surface area contributed by atoms with Gasteiger partial charge in [-0.1, -0.05) is 26.8 Å². The first-order chi connectivity index (χ1) is 24.1. The summed E-state index contributed by atoms with van der Waals surface area (Å²) in [5.41, 5.74) is -1.28. The van der Waals surface area contributed by atoms with E-state index in [1.807, 2.05) is 25.7 Å². The van der Waals surface area contributed by atoms with Gasteiger partial charge in [0.2, 0.25) is 17.8 Å². The van der Waals surface area contributed by atoms with E-state index in [2.05, 4.69) is 27.4 Å². The van der Waals surface area contributed by atoms with E-state index in [-0.39, 0.29) is 35.8 Å². The van der Waals surface area contributed by atoms with Gasteiger partial charge in [-0.3, -0.25) is 4.90 Å². The molecule has 0 aromatic rings. The molecule has 0 aromatic heterocycles. The summed E-state index contributed by atoms with van der Waals surface area (Å²) in [7, 11) is 0. The molecule has 4 bridgehead atoms. The van der Waals surface area contributed by atoms with Gasteiger partial charge < -0.3 is 28.4 Å². The number of halogens is 3. The quantitative estimate of drug-likeness (QED) is 0.127. The monoisotopic (exact) mass is 725 g/mol. The predicted molar refractivity (Wildman–Crippen MR) is 179 cm³/mol. The van der Waals surface area contributed by atoms with E-state index in [4.69, 9.17) is 38.2 Å². The summed E-state index contributed by atoms with van der Waals surface area (Å²) >= 11 is 0. The third kappa shape index (κ3) is 5.70. The molecule has 7 aliphatic heterocycles. The maximum absolute atomic E-state index is 14.7. The molecule has 9 nitrogen and oxygen atoms in total. The van der Waals surface area contributed by atoms with Crippen LogP contribution in [0.2, 0.25) is 0 Å². The summed E-state index contributed by atoms with van der Waals surface area (Å²) in [6.45, 7) is 18.0. The van der Waals surface area contributed by atoms with Gasteiger partial charge in [-0.2, -0.15) is 13.2 Å². The van der Waals surface area contributed by atoms with Gasteiger partial charge >= 0.3 is 6.18 Å². The molecule has 0 amide bonds. The fraction of sp³-hybridized carbons (Fsp3) is 0.897. The lowest BCUT2D eigenvalue weighted by Gasteiger charge is -2.62. The third-order valence-corrected chi connectivity index (χ3v) is 14.5. The zero-order valence-corrected chi connectivity index (χ0v) is 31.2. The highest BCUT2D eigenvalue weighted by molar-refractivity contribution is 5.30. The topological polar surface area (TPSA) is 77.1 Å². The molecule has 8 fully saturated rings. The highest BCUT2D eigenvalue weighted by atomic mass is 19.4. The number of hydrogen-bond donors (Lipinski definition) is 0. The molecule has 2 spiro atoms. The molecule has 2 unspecified atom stereocenters. The molecule has 0 radical (unpaired) electrons. The smallest absolute Gasteiger partial charge is 0.449 e. The summed E-state index contributed by atoms with van der Waals surface area (Å²) < 4.78 is 82.8. The van der Waals surface area contributed by atoms with Crippen molar-refractivity contribution in [2.45, 2.75) is 153 Å². The van der Waals surface area contributed by atoms with Crippen LogP contribution in [0, 0.1) is 41.4 Å². The molecule has 6 saturated heterocycles. The van der Waals surface area contributed by atoms with Gasteiger partial charge in [0.25, 0.3) is 0 Å². The van der Waals surface area contributed by atoms with Crippen LogP contribution in [-0.4, -0.2) is 78.5 Å². The van der Waals surface area contributed by atoms with Crippen molar-refractivity contribution < 1.29 is 51.4 Å². The van der Waals surface area contributed by atoms with E-state index < -0.39 is 59.0 Å². The largest absolute Gasteiger partial charge is 0.456 e. The second-order valence-corrected chi connectivity index (χ2v) is 17.7. The van der Waals surface area contributed by atoms with Crippen molar-refractivity contribution in [2.75, 3.05) is 26.2 Å². The molecule has 9 rings (SSSR count). The normalized spacial score (nSPS) is 50.0. The van der Waals surface area contributed by atoms with Crippen molar-refractivity contribution in [3.05, 3.63) is 24.0 Å². The third-order valence-electron chi connectivity index (χ3n) is 14.5. The van der Waals surface area contributed by atoms with Crippen LogP contribution in [0.1, 0.15) is 106 Å². The molecule has 288 valence electrons. The van der Waals surface area contributed by atoms with Crippen LogP contribution in [0.4, 0.5) is 13.2 Å². The van der Waals surface area contributed by atoms with Crippen molar-refractivity contribution in [3.8, 4) is 0 Å². The van der Waals surface area contributed by atoms with Crippen molar-refractivity contribution in [3.63, 3.8) is 0 Å². The SMILES string of the molecule is C=CCN(CCCCO[C@@]1(C)O[C@@H]2O[C@]3(C)CCC4[C@H](C)CC[C@@H]([C@H]1C)[C@]42OO3)CC1=C(C(F)(F)F)O[C@@H]2O[C@@]3(C)CCC4[C@H](C)CC[C@@H]1[C@]42O3. The van der Waals surface area contributed by atoms with E-state index in [1.165, 1.54) is 0 Å². The number of alkyl halides is 3. The minimum absolute atomic E-state index is 0.0309. The Morgan fingerprint density at radius 3 is 2.24 bits per heavy atom. The summed E-state index contributed by atoms with van der Waals surface area (Å²) in [5, 5.41) is 0. The average molecular weight is 726 g/mol. The Labute approximate surface area is 300 Å². The molecule has 2 saturated carbocycles. The maximum Gasteiger partial charge on any atom is 0.449 e. The predicted octanol–water partition coefficient (Wildman–Crippen LogP) is 8.00. The number of ether oxygens (including phenoxy) is 6. The Morgan fingerprint density at radius 2 is 1.51 bits per heavy atom. The second kappa shape index (κ2) is 12.6. The molecule has 9 aliphatic rings. The lowest BCUT2D eigenvalue weighted by Crippen LogP contribution is -2.72. The Bertz CT molecular complexity index is 1400. The van der Waals surface area contributed by atoms with Crippen LogP contribution >= 0.6 is 0 Å². The number of nitrogens with zero attached hydrogens (tertiary/aromatic N) is 1.